The maximum atomic E-state index is 12.9. The topological polar surface area (TPSA) is 59.8 Å². The van der Waals surface area contributed by atoms with Gasteiger partial charge in [-0.15, -0.1) is 0 Å². The van der Waals surface area contributed by atoms with E-state index in [0.717, 1.165) is 23.3 Å². The van der Waals surface area contributed by atoms with Crippen LogP contribution in [0.4, 0.5) is 13.2 Å². The predicted molar refractivity (Wildman–Crippen MR) is 103 cm³/mol. The fraction of sp³-hybridized carbons (Fsp3) is 0.150. The number of carbonyl (C=O) groups excluding carboxylic acids is 1. The maximum absolute atomic E-state index is 12.9. The van der Waals surface area contributed by atoms with Crippen molar-refractivity contribution in [3.63, 3.8) is 0 Å². The highest BCUT2D eigenvalue weighted by Gasteiger charge is 2.33. The number of benzene rings is 2. The summed E-state index contributed by atoms with van der Waals surface area (Å²) in [6.07, 6.45) is 0.970. The lowest BCUT2D eigenvalue weighted by molar-refractivity contribution is -0.137. The quantitative estimate of drug-likeness (QED) is 0.604. The number of nitrogens with zero attached hydrogens (tertiary/aromatic N) is 3. The van der Waals surface area contributed by atoms with Crippen LogP contribution < -0.4 is 5.32 Å². The molecule has 0 spiro atoms. The molecule has 2 aromatic carbocycles. The summed E-state index contributed by atoms with van der Waals surface area (Å²) in [6.45, 7) is 0.773. The normalized spacial score (nSPS) is 11.7. The van der Waals surface area contributed by atoms with Crippen LogP contribution in [0.15, 0.2) is 61.2 Å². The van der Waals surface area contributed by atoms with Gasteiger partial charge in [0.25, 0.3) is 0 Å². The first-order chi connectivity index (χ1) is 13.8. The second-order valence-electron chi connectivity index (χ2n) is 6.15. The van der Waals surface area contributed by atoms with E-state index in [-0.39, 0.29) is 17.1 Å². The number of hydrogen-bond donors (Lipinski definition) is 1. The van der Waals surface area contributed by atoms with Crippen LogP contribution in [0.25, 0.3) is 6.08 Å². The molecule has 0 fully saturated rings. The van der Waals surface area contributed by atoms with Gasteiger partial charge in [-0.25, -0.2) is 9.67 Å². The Bertz CT molecular complexity index is 1020. The van der Waals surface area contributed by atoms with Crippen molar-refractivity contribution in [1.29, 1.82) is 0 Å². The molecule has 0 aliphatic carbocycles. The highest BCUT2D eigenvalue weighted by molar-refractivity contribution is 6.31. The highest BCUT2D eigenvalue weighted by Crippen LogP contribution is 2.35. The van der Waals surface area contributed by atoms with Crippen LogP contribution in [0.2, 0.25) is 5.02 Å². The van der Waals surface area contributed by atoms with Crippen molar-refractivity contribution in [3.8, 4) is 0 Å². The second-order valence-corrected chi connectivity index (χ2v) is 6.56. The first kappa shape index (κ1) is 20.6. The Morgan fingerprint density at radius 1 is 1.17 bits per heavy atom. The van der Waals surface area contributed by atoms with Crippen molar-refractivity contribution < 1.29 is 18.0 Å². The average Bonchev–Trinajstić information content (AvgIpc) is 3.19. The lowest BCUT2D eigenvalue weighted by Crippen LogP contribution is -2.21. The number of nitrogens with one attached hydrogen (secondary N) is 1. The zero-order valence-electron chi connectivity index (χ0n) is 15.0. The third-order valence-corrected chi connectivity index (χ3v) is 4.42. The van der Waals surface area contributed by atoms with Gasteiger partial charge in [-0.3, -0.25) is 4.79 Å². The number of alkyl halides is 3. The van der Waals surface area contributed by atoms with Gasteiger partial charge in [0.2, 0.25) is 5.91 Å². The van der Waals surface area contributed by atoms with Crippen molar-refractivity contribution in [3.05, 3.63) is 88.5 Å². The molecule has 1 amide bonds. The van der Waals surface area contributed by atoms with Gasteiger partial charge < -0.3 is 5.32 Å². The monoisotopic (exact) mass is 420 g/mol. The first-order valence-electron chi connectivity index (χ1n) is 8.55. The van der Waals surface area contributed by atoms with Crippen molar-refractivity contribution in [2.24, 2.45) is 0 Å². The summed E-state index contributed by atoms with van der Waals surface area (Å²) < 4.78 is 40.4. The largest absolute Gasteiger partial charge is 0.417 e. The van der Waals surface area contributed by atoms with Crippen molar-refractivity contribution in [2.45, 2.75) is 19.3 Å². The molecule has 1 N–H and O–H groups in total. The Balaban J connectivity index is 1.64. The van der Waals surface area contributed by atoms with Crippen LogP contribution in [-0.4, -0.2) is 20.7 Å². The molecule has 0 aliphatic heterocycles. The molecule has 0 saturated carbocycles. The van der Waals surface area contributed by atoms with Crippen molar-refractivity contribution >= 4 is 23.6 Å². The van der Waals surface area contributed by atoms with E-state index in [1.165, 1.54) is 24.5 Å². The molecule has 0 aliphatic rings. The smallest absolute Gasteiger partial charge is 0.348 e. The predicted octanol–water partition coefficient (Wildman–Crippen LogP) is 4.33. The molecule has 29 heavy (non-hydrogen) atoms. The van der Waals surface area contributed by atoms with E-state index >= 15 is 0 Å². The summed E-state index contributed by atoms with van der Waals surface area (Å²) in [6, 6.07) is 11.0. The Morgan fingerprint density at radius 3 is 2.62 bits per heavy atom. The number of aromatic nitrogens is 3. The van der Waals surface area contributed by atoms with Gasteiger partial charge in [0.1, 0.15) is 12.7 Å². The summed E-state index contributed by atoms with van der Waals surface area (Å²) >= 11 is 5.59. The van der Waals surface area contributed by atoms with E-state index in [4.69, 9.17) is 11.6 Å². The Morgan fingerprint density at radius 2 is 1.93 bits per heavy atom. The number of hydrogen-bond acceptors (Lipinski definition) is 3. The highest BCUT2D eigenvalue weighted by atomic mass is 35.5. The molecule has 1 heterocycles. The number of halogens is 4. The Hall–Kier alpha value is -3.13. The minimum Gasteiger partial charge on any atom is -0.348 e. The molecule has 0 saturated heterocycles. The number of rotatable bonds is 6. The third-order valence-electron chi connectivity index (χ3n) is 4.09. The molecule has 0 radical (unpaired) electrons. The summed E-state index contributed by atoms with van der Waals surface area (Å²) in [4.78, 5) is 16.0. The summed E-state index contributed by atoms with van der Waals surface area (Å²) in [7, 11) is 0. The van der Waals surface area contributed by atoms with Crippen LogP contribution in [0.1, 0.15) is 22.3 Å². The molecule has 5 nitrogen and oxygen atoms in total. The van der Waals surface area contributed by atoms with Crippen molar-refractivity contribution in [2.75, 3.05) is 0 Å². The van der Waals surface area contributed by atoms with Crippen LogP contribution in [0, 0.1) is 0 Å². The van der Waals surface area contributed by atoms with Gasteiger partial charge >= 0.3 is 6.18 Å². The molecule has 0 bridgehead atoms. The summed E-state index contributed by atoms with van der Waals surface area (Å²) in [5.74, 6) is -0.427. The van der Waals surface area contributed by atoms with Crippen LogP contribution >= 0.6 is 11.6 Å². The van der Waals surface area contributed by atoms with Gasteiger partial charge in [-0.2, -0.15) is 18.3 Å². The Kier molecular flexibility index (Phi) is 6.33. The lowest BCUT2D eigenvalue weighted by atomic mass is 10.1. The van der Waals surface area contributed by atoms with Gasteiger partial charge in [-0.1, -0.05) is 41.9 Å². The van der Waals surface area contributed by atoms with Gasteiger partial charge in [0.15, 0.2) is 0 Å². The van der Waals surface area contributed by atoms with E-state index in [1.54, 1.807) is 11.0 Å². The molecule has 150 valence electrons. The summed E-state index contributed by atoms with van der Waals surface area (Å²) in [5, 5.41) is 6.40. The fourth-order valence-electron chi connectivity index (χ4n) is 2.65. The second kappa shape index (κ2) is 8.91. The Labute approximate surface area is 169 Å². The van der Waals surface area contributed by atoms with Crippen molar-refractivity contribution in [1.82, 2.24) is 20.1 Å². The minimum atomic E-state index is -4.56. The number of amides is 1. The van der Waals surface area contributed by atoms with E-state index in [9.17, 15) is 18.0 Å². The minimum absolute atomic E-state index is 0.225. The summed E-state index contributed by atoms with van der Waals surface area (Å²) in [5.41, 5.74) is 1.15. The molecular weight excluding hydrogens is 405 g/mol. The average molecular weight is 421 g/mol. The van der Waals surface area contributed by atoms with Crippen LogP contribution in [-0.2, 0) is 24.1 Å². The molecule has 3 aromatic rings. The van der Waals surface area contributed by atoms with E-state index in [0.29, 0.717) is 6.54 Å². The molecule has 9 heteroatoms. The van der Waals surface area contributed by atoms with Gasteiger partial charge in [0.05, 0.1) is 17.1 Å². The fourth-order valence-corrected chi connectivity index (χ4v) is 2.87. The van der Waals surface area contributed by atoms with E-state index in [2.05, 4.69) is 15.4 Å². The standard InChI is InChI=1S/C20H16ClF3N4O/c21-18-7-5-14(9-17(18)20(22,23)24)6-8-19(29)26-10-15-3-1-2-4-16(15)11-28-13-25-12-27-28/h1-9,12-13H,10-11H2,(H,26,29)/b8-6+. The molecule has 0 unspecified atom stereocenters. The van der Waals surface area contributed by atoms with Gasteiger partial charge in [-0.05, 0) is 34.9 Å². The molecular formula is C20H16ClF3N4O. The zero-order chi connectivity index (χ0) is 20.9. The first-order valence-corrected chi connectivity index (χ1v) is 8.92. The van der Waals surface area contributed by atoms with Gasteiger partial charge in [0, 0.05) is 12.6 Å². The molecule has 3 rings (SSSR count). The molecule has 1 aromatic heterocycles. The third kappa shape index (κ3) is 5.68. The number of carbonyl (C=O) groups is 1. The zero-order valence-corrected chi connectivity index (χ0v) is 15.8. The van der Waals surface area contributed by atoms with Crippen LogP contribution in [0.5, 0.6) is 0 Å². The van der Waals surface area contributed by atoms with E-state index in [1.807, 2.05) is 24.3 Å². The van der Waals surface area contributed by atoms with E-state index < -0.39 is 17.6 Å². The van der Waals surface area contributed by atoms with Crippen LogP contribution in [0.3, 0.4) is 0 Å². The lowest BCUT2D eigenvalue weighted by Gasteiger charge is -2.10. The maximum Gasteiger partial charge on any atom is 0.417 e. The SMILES string of the molecule is O=C(/C=C/c1ccc(Cl)c(C(F)(F)F)c1)NCc1ccccc1Cn1cncn1. The molecule has 0 atom stereocenters.